The van der Waals surface area contributed by atoms with Crippen LogP contribution in [0.15, 0.2) is 52.4 Å². The lowest BCUT2D eigenvalue weighted by molar-refractivity contribution is 0.414. The topological polar surface area (TPSA) is 22.1 Å². The second kappa shape index (κ2) is 4.99. The van der Waals surface area contributed by atoms with E-state index in [0.29, 0.717) is 0 Å². The van der Waals surface area contributed by atoms with Gasteiger partial charge in [-0.05, 0) is 30.3 Å². The van der Waals surface area contributed by atoms with Crippen molar-refractivity contribution in [3.8, 4) is 5.75 Å². The molecule has 0 fully saturated rings. The molecule has 0 aliphatic rings. The van der Waals surface area contributed by atoms with E-state index >= 15 is 0 Å². The second-order valence-corrected chi connectivity index (χ2v) is 4.24. The first kappa shape index (κ1) is 11.0. The zero-order valence-corrected chi connectivity index (χ0v) is 9.50. The van der Waals surface area contributed by atoms with Gasteiger partial charge in [0.15, 0.2) is 0 Å². The van der Waals surface area contributed by atoms with Crippen molar-refractivity contribution >= 4 is 11.8 Å². The summed E-state index contributed by atoms with van der Waals surface area (Å²) in [7, 11) is 1.63. The number of nitrogens with zero attached hydrogens (tertiary/aromatic N) is 1. The van der Waals surface area contributed by atoms with E-state index in [-0.39, 0.29) is 0 Å². The Hall–Kier alpha value is -1.55. The van der Waals surface area contributed by atoms with Crippen LogP contribution in [-0.2, 0) is 0 Å². The normalized spacial score (nSPS) is 10.1. The number of hydrogen-bond acceptors (Lipinski definition) is 3. The standard InChI is InChI=1S/C12H10FNOS/c1-15-9-2-4-10(5-3-9)16-11-6-7-14-12(13)8-11/h2-8H,1H3. The number of rotatable bonds is 3. The maximum Gasteiger partial charge on any atom is 0.213 e. The Morgan fingerprint density at radius 3 is 2.50 bits per heavy atom. The van der Waals surface area contributed by atoms with Crippen LogP contribution < -0.4 is 4.74 Å². The minimum Gasteiger partial charge on any atom is -0.497 e. The molecule has 0 saturated heterocycles. The molecule has 82 valence electrons. The van der Waals surface area contributed by atoms with Crippen LogP contribution in [0.2, 0.25) is 0 Å². The molecule has 0 atom stereocenters. The molecular weight excluding hydrogens is 225 g/mol. The highest BCUT2D eigenvalue weighted by atomic mass is 32.2. The highest BCUT2D eigenvalue weighted by molar-refractivity contribution is 7.99. The van der Waals surface area contributed by atoms with E-state index in [0.717, 1.165) is 15.5 Å². The molecule has 0 N–H and O–H groups in total. The zero-order valence-electron chi connectivity index (χ0n) is 8.68. The Morgan fingerprint density at radius 2 is 1.88 bits per heavy atom. The molecule has 16 heavy (non-hydrogen) atoms. The van der Waals surface area contributed by atoms with E-state index in [4.69, 9.17) is 4.74 Å². The van der Waals surface area contributed by atoms with Gasteiger partial charge in [-0.25, -0.2) is 4.98 Å². The third kappa shape index (κ3) is 2.73. The third-order valence-electron chi connectivity index (χ3n) is 1.99. The van der Waals surface area contributed by atoms with Gasteiger partial charge in [0.1, 0.15) is 5.75 Å². The monoisotopic (exact) mass is 235 g/mol. The number of methoxy groups -OCH3 is 1. The predicted octanol–water partition coefficient (Wildman–Crippen LogP) is 3.38. The molecule has 1 aromatic heterocycles. The SMILES string of the molecule is COc1ccc(Sc2ccnc(F)c2)cc1. The quantitative estimate of drug-likeness (QED) is 0.761. The smallest absolute Gasteiger partial charge is 0.213 e. The van der Waals surface area contributed by atoms with Crippen LogP contribution in [0.1, 0.15) is 0 Å². The lowest BCUT2D eigenvalue weighted by atomic mass is 10.3. The Kier molecular flexibility index (Phi) is 3.41. The molecule has 2 aromatic rings. The number of hydrogen-bond donors (Lipinski definition) is 0. The van der Waals surface area contributed by atoms with Gasteiger partial charge in [0.25, 0.3) is 0 Å². The molecule has 2 nitrogen and oxygen atoms in total. The van der Waals surface area contributed by atoms with Crippen LogP contribution in [0.4, 0.5) is 4.39 Å². The second-order valence-electron chi connectivity index (χ2n) is 3.09. The van der Waals surface area contributed by atoms with Crippen LogP contribution in [-0.4, -0.2) is 12.1 Å². The van der Waals surface area contributed by atoms with Gasteiger partial charge in [0.05, 0.1) is 7.11 Å². The summed E-state index contributed by atoms with van der Waals surface area (Å²) in [5, 5.41) is 0. The molecule has 1 aromatic carbocycles. The van der Waals surface area contributed by atoms with Gasteiger partial charge >= 0.3 is 0 Å². The van der Waals surface area contributed by atoms with Gasteiger partial charge < -0.3 is 4.74 Å². The van der Waals surface area contributed by atoms with Crippen molar-refractivity contribution in [2.24, 2.45) is 0 Å². The minimum atomic E-state index is -0.460. The average molecular weight is 235 g/mol. The molecule has 4 heteroatoms. The van der Waals surface area contributed by atoms with E-state index in [1.807, 2.05) is 24.3 Å². The maximum absolute atomic E-state index is 12.8. The van der Waals surface area contributed by atoms with Crippen LogP contribution in [0, 0.1) is 5.95 Å². The lowest BCUT2D eigenvalue weighted by Crippen LogP contribution is -1.83. The van der Waals surface area contributed by atoms with Gasteiger partial charge in [-0.15, -0.1) is 0 Å². The molecule has 0 radical (unpaired) electrons. The summed E-state index contributed by atoms with van der Waals surface area (Å²) in [6.07, 6.45) is 1.46. The van der Waals surface area contributed by atoms with Gasteiger partial charge in [-0.1, -0.05) is 11.8 Å². The molecule has 0 spiro atoms. The number of pyridine rings is 1. The summed E-state index contributed by atoms with van der Waals surface area (Å²) < 4.78 is 17.9. The molecule has 1 heterocycles. The summed E-state index contributed by atoms with van der Waals surface area (Å²) >= 11 is 1.49. The number of ether oxygens (including phenoxy) is 1. The first-order valence-electron chi connectivity index (χ1n) is 4.71. The Labute approximate surface area is 97.5 Å². The summed E-state index contributed by atoms with van der Waals surface area (Å²) in [5.74, 6) is 0.351. The van der Waals surface area contributed by atoms with Crippen LogP contribution in [0.5, 0.6) is 5.75 Å². The van der Waals surface area contributed by atoms with E-state index in [2.05, 4.69) is 4.98 Å². The fourth-order valence-corrected chi connectivity index (χ4v) is 2.06. The fraction of sp³-hybridized carbons (Fsp3) is 0.0833. The molecule has 0 aliphatic carbocycles. The average Bonchev–Trinajstić information content (AvgIpc) is 2.30. The van der Waals surface area contributed by atoms with E-state index in [9.17, 15) is 4.39 Å². The third-order valence-corrected chi connectivity index (χ3v) is 2.99. The molecule has 0 amide bonds. The predicted molar refractivity (Wildman–Crippen MR) is 61.3 cm³/mol. The van der Waals surface area contributed by atoms with Crippen molar-refractivity contribution in [1.29, 1.82) is 0 Å². The van der Waals surface area contributed by atoms with Crippen molar-refractivity contribution in [2.45, 2.75) is 9.79 Å². The first-order chi connectivity index (χ1) is 7.78. The van der Waals surface area contributed by atoms with Crippen molar-refractivity contribution in [2.75, 3.05) is 7.11 Å². The minimum absolute atomic E-state index is 0.460. The Bertz CT molecular complexity index is 473. The maximum atomic E-state index is 12.8. The zero-order chi connectivity index (χ0) is 11.4. The number of benzene rings is 1. The Balaban J connectivity index is 2.14. The molecule has 0 aliphatic heterocycles. The van der Waals surface area contributed by atoms with Crippen molar-refractivity contribution in [1.82, 2.24) is 4.98 Å². The molecule has 0 unspecified atom stereocenters. The van der Waals surface area contributed by atoms with E-state index in [1.54, 1.807) is 13.2 Å². The summed E-state index contributed by atoms with van der Waals surface area (Å²) in [6.45, 7) is 0. The fourth-order valence-electron chi connectivity index (χ4n) is 1.23. The van der Waals surface area contributed by atoms with Crippen molar-refractivity contribution in [3.05, 3.63) is 48.5 Å². The summed E-state index contributed by atoms with van der Waals surface area (Å²) in [4.78, 5) is 5.37. The first-order valence-corrected chi connectivity index (χ1v) is 5.53. The van der Waals surface area contributed by atoms with Gasteiger partial charge in [-0.3, -0.25) is 0 Å². The van der Waals surface area contributed by atoms with E-state index in [1.165, 1.54) is 24.0 Å². The van der Waals surface area contributed by atoms with Crippen LogP contribution >= 0.6 is 11.8 Å². The molecular formula is C12H10FNOS. The summed E-state index contributed by atoms with van der Waals surface area (Å²) in [5.41, 5.74) is 0. The van der Waals surface area contributed by atoms with Gasteiger partial charge in [0, 0.05) is 22.1 Å². The highest BCUT2D eigenvalue weighted by Gasteiger charge is 1.99. The van der Waals surface area contributed by atoms with Gasteiger partial charge in [-0.2, -0.15) is 4.39 Å². The van der Waals surface area contributed by atoms with Crippen LogP contribution in [0.25, 0.3) is 0 Å². The largest absolute Gasteiger partial charge is 0.497 e. The van der Waals surface area contributed by atoms with Crippen molar-refractivity contribution < 1.29 is 9.13 Å². The lowest BCUT2D eigenvalue weighted by Gasteiger charge is -2.03. The van der Waals surface area contributed by atoms with Gasteiger partial charge in [0.2, 0.25) is 5.95 Å². The van der Waals surface area contributed by atoms with E-state index < -0.39 is 5.95 Å². The van der Waals surface area contributed by atoms with Crippen LogP contribution in [0.3, 0.4) is 0 Å². The number of halogens is 1. The Morgan fingerprint density at radius 1 is 1.12 bits per heavy atom. The molecule has 0 bridgehead atoms. The number of aromatic nitrogens is 1. The summed E-state index contributed by atoms with van der Waals surface area (Å²) in [6, 6.07) is 10.8. The molecule has 0 saturated carbocycles. The highest BCUT2D eigenvalue weighted by Crippen LogP contribution is 2.28. The molecule has 2 rings (SSSR count). The van der Waals surface area contributed by atoms with Crippen molar-refractivity contribution in [3.63, 3.8) is 0 Å².